The SMILES string of the molecule is CCCCC1CCC(c2ccc(/C(F)=C(/F)c3ccc(CC(OC)C(F)(F)F)c(F)c3)cc2)CC1. The molecule has 1 unspecified atom stereocenters. The van der Waals surface area contributed by atoms with E-state index in [1.54, 1.807) is 0 Å². The Labute approximate surface area is 203 Å². The summed E-state index contributed by atoms with van der Waals surface area (Å²) < 4.78 is 87.0. The summed E-state index contributed by atoms with van der Waals surface area (Å²) in [6, 6.07) is 9.46. The maximum absolute atomic E-state index is 14.8. The monoisotopic (exact) mass is 498 g/mol. The van der Waals surface area contributed by atoms with Crippen LogP contribution in [0.15, 0.2) is 42.5 Å². The zero-order valence-corrected chi connectivity index (χ0v) is 20.1. The number of benzene rings is 2. The maximum atomic E-state index is 14.8. The van der Waals surface area contributed by atoms with E-state index in [1.165, 1.54) is 44.2 Å². The number of ether oxygens (including phenoxy) is 1. The van der Waals surface area contributed by atoms with Crippen molar-refractivity contribution in [3.05, 3.63) is 70.5 Å². The molecule has 0 aliphatic heterocycles. The van der Waals surface area contributed by atoms with Gasteiger partial charge < -0.3 is 4.74 Å². The van der Waals surface area contributed by atoms with Gasteiger partial charge in [0.25, 0.3) is 0 Å². The molecule has 0 amide bonds. The van der Waals surface area contributed by atoms with Crippen LogP contribution in [0.3, 0.4) is 0 Å². The summed E-state index contributed by atoms with van der Waals surface area (Å²) in [7, 11) is 0.881. The first-order valence-corrected chi connectivity index (χ1v) is 12.2. The highest BCUT2D eigenvalue weighted by atomic mass is 19.4. The Morgan fingerprint density at radius 1 is 0.943 bits per heavy atom. The molecule has 1 aliphatic carbocycles. The highest BCUT2D eigenvalue weighted by Gasteiger charge is 2.40. The largest absolute Gasteiger partial charge is 0.414 e. The number of hydrogen-bond donors (Lipinski definition) is 0. The van der Waals surface area contributed by atoms with Crippen molar-refractivity contribution in [2.24, 2.45) is 5.92 Å². The van der Waals surface area contributed by atoms with Crippen molar-refractivity contribution in [1.29, 1.82) is 0 Å². The molecule has 0 spiro atoms. The molecule has 0 aromatic heterocycles. The molecule has 7 heteroatoms. The summed E-state index contributed by atoms with van der Waals surface area (Å²) in [6.07, 6.45) is 0.665. The molecule has 2 aromatic rings. The van der Waals surface area contributed by atoms with Crippen molar-refractivity contribution in [3.8, 4) is 0 Å². The minimum absolute atomic E-state index is 0.0314. The number of rotatable bonds is 9. The van der Waals surface area contributed by atoms with E-state index in [4.69, 9.17) is 0 Å². The Morgan fingerprint density at radius 2 is 1.54 bits per heavy atom. The van der Waals surface area contributed by atoms with Crippen molar-refractivity contribution in [1.82, 2.24) is 0 Å². The lowest BCUT2D eigenvalue weighted by atomic mass is 9.77. The summed E-state index contributed by atoms with van der Waals surface area (Å²) in [5.41, 5.74) is 0.464. The van der Waals surface area contributed by atoms with Crippen LogP contribution >= 0.6 is 0 Å². The van der Waals surface area contributed by atoms with Crippen molar-refractivity contribution < 1.29 is 31.1 Å². The second-order valence-electron chi connectivity index (χ2n) is 9.39. The number of halogens is 6. The van der Waals surface area contributed by atoms with Gasteiger partial charge in [-0.05, 0) is 54.7 Å². The summed E-state index contributed by atoms with van der Waals surface area (Å²) in [5.74, 6) is -2.27. The summed E-state index contributed by atoms with van der Waals surface area (Å²) >= 11 is 0. The minimum atomic E-state index is -4.67. The van der Waals surface area contributed by atoms with E-state index in [2.05, 4.69) is 11.7 Å². The summed E-state index contributed by atoms with van der Waals surface area (Å²) in [5, 5.41) is 0. The molecule has 0 saturated heterocycles. The first-order chi connectivity index (χ1) is 16.6. The molecular formula is C28H32F6O. The summed E-state index contributed by atoms with van der Waals surface area (Å²) in [4.78, 5) is 0. The van der Waals surface area contributed by atoms with E-state index < -0.39 is 36.2 Å². The molecule has 0 bridgehead atoms. The molecule has 1 aliphatic rings. The van der Waals surface area contributed by atoms with E-state index in [0.717, 1.165) is 43.6 Å². The van der Waals surface area contributed by atoms with Gasteiger partial charge >= 0.3 is 6.18 Å². The minimum Gasteiger partial charge on any atom is -0.372 e. The van der Waals surface area contributed by atoms with Crippen LogP contribution in [0.4, 0.5) is 26.3 Å². The maximum Gasteiger partial charge on any atom is 0.414 e. The van der Waals surface area contributed by atoms with E-state index in [-0.39, 0.29) is 16.7 Å². The van der Waals surface area contributed by atoms with Gasteiger partial charge in [-0.25, -0.2) is 13.2 Å². The molecule has 1 nitrogen and oxygen atoms in total. The third kappa shape index (κ3) is 7.12. The van der Waals surface area contributed by atoms with Gasteiger partial charge in [-0.1, -0.05) is 62.6 Å². The second kappa shape index (κ2) is 12.1. The molecule has 2 aromatic carbocycles. The van der Waals surface area contributed by atoms with Crippen molar-refractivity contribution in [3.63, 3.8) is 0 Å². The standard InChI is InChI=1S/C28H32F6O/c1-3-4-5-18-6-8-19(9-7-18)20-10-12-21(13-11-20)26(30)27(31)23-15-14-22(24(29)16-23)17-25(35-2)28(32,33)34/h10-16,18-19,25H,3-9,17H2,1-2H3/b27-26-. The van der Waals surface area contributed by atoms with Crippen LogP contribution in [0.2, 0.25) is 0 Å². The highest BCUT2D eigenvalue weighted by molar-refractivity contribution is 5.83. The van der Waals surface area contributed by atoms with E-state index >= 15 is 0 Å². The van der Waals surface area contributed by atoms with Gasteiger partial charge in [-0.15, -0.1) is 0 Å². The van der Waals surface area contributed by atoms with Crippen molar-refractivity contribution >= 4 is 11.7 Å². The van der Waals surface area contributed by atoms with Gasteiger partial charge in [0, 0.05) is 24.7 Å². The fraction of sp³-hybridized carbons (Fsp3) is 0.500. The second-order valence-corrected chi connectivity index (χ2v) is 9.39. The molecule has 0 heterocycles. The van der Waals surface area contributed by atoms with Crippen LogP contribution in [-0.2, 0) is 11.2 Å². The molecule has 1 saturated carbocycles. The highest BCUT2D eigenvalue weighted by Crippen LogP contribution is 2.38. The molecular weight excluding hydrogens is 466 g/mol. The van der Waals surface area contributed by atoms with Gasteiger partial charge in [-0.2, -0.15) is 13.2 Å². The van der Waals surface area contributed by atoms with E-state index in [9.17, 15) is 26.3 Å². The zero-order valence-electron chi connectivity index (χ0n) is 20.1. The Hall–Kier alpha value is -2.28. The third-order valence-electron chi connectivity index (χ3n) is 7.00. The molecule has 0 radical (unpaired) electrons. The lowest BCUT2D eigenvalue weighted by Crippen LogP contribution is -2.32. The number of unbranched alkanes of at least 4 members (excludes halogenated alkanes) is 1. The van der Waals surface area contributed by atoms with Crippen molar-refractivity contribution in [2.75, 3.05) is 7.11 Å². The lowest BCUT2D eigenvalue weighted by Gasteiger charge is -2.28. The van der Waals surface area contributed by atoms with Gasteiger partial charge in [-0.3, -0.25) is 0 Å². The van der Waals surface area contributed by atoms with Crippen LogP contribution in [0.1, 0.15) is 80.0 Å². The predicted molar refractivity (Wildman–Crippen MR) is 127 cm³/mol. The fourth-order valence-corrected chi connectivity index (χ4v) is 4.81. The van der Waals surface area contributed by atoms with E-state index in [0.29, 0.717) is 12.0 Å². The quantitative estimate of drug-likeness (QED) is 0.247. The normalized spacial score (nSPS) is 20.5. The predicted octanol–water partition coefficient (Wildman–Crippen LogP) is 9.17. The van der Waals surface area contributed by atoms with Crippen LogP contribution < -0.4 is 0 Å². The molecule has 192 valence electrons. The van der Waals surface area contributed by atoms with Gasteiger partial charge in [0.05, 0.1) is 0 Å². The lowest BCUT2D eigenvalue weighted by molar-refractivity contribution is -0.212. The number of alkyl halides is 3. The summed E-state index contributed by atoms with van der Waals surface area (Å²) in [6.45, 7) is 2.20. The Morgan fingerprint density at radius 3 is 2.09 bits per heavy atom. The van der Waals surface area contributed by atoms with Crippen molar-refractivity contribution in [2.45, 2.75) is 76.5 Å². The molecule has 1 fully saturated rings. The third-order valence-corrected chi connectivity index (χ3v) is 7.00. The topological polar surface area (TPSA) is 9.23 Å². The molecule has 3 rings (SSSR count). The van der Waals surface area contributed by atoms with E-state index in [1.807, 2.05) is 12.1 Å². The van der Waals surface area contributed by atoms with Crippen LogP contribution in [0.5, 0.6) is 0 Å². The average molecular weight is 499 g/mol. The Bertz CT molecular complexity index is 987. The first-order valence-electron chi connectivity index (χ1n) is 12.2. The molecule has 1 atom stereocenters. The smallest absolute Gasteiger partial charge is 0.372 e. The van der Waals surface area contributed by atoms with Crippen LogP contribution in [-0.4, -0.2) is 19.4 Å². The zero-order chi connectivity index (χ0) is 25.6. The van der Waals surface area contributed by atoms with Gasteiger partial charge in [0.15, 0.2) is 17.8 Å². The number of methoxy groups -OCH3 is 1. The molecule has 35 heavy (non-hydrogen) atoms. The number of hydrogen-bond acceptors (Lipinski definition) is 1. The Kier molecular flexibility index (Phi) is 9.45. The first kappa shape index (κ1) is 27.3. The van der Waals surface area contributed by atoms with Gasteiger partial charge in [0.1, 0.15) is 5.82 Å². The Balaban J connectivity index is 1.69. The van der Waals surface area contributed by atoms with Crippen LogP contribution in [0.25, 0.3) is 11.7 Å². The molecule has 0 N–H and O–H groups in total. The van der Waals surface area contributed by atoms with Gasteiger partial charge in [0.2, 0.25) is 0 Å². The fourth-order valence-electron chi connectivity index (χ4n) is 4.81. The average Bonchev–Trinajstić information content (AvgIpc) is 2.85. The van der Waals surface area contributed by atoms with Crippen LogP contribution in [0, 0.1) is 11.7 Å².